The first-order valence-corrected chi connectivity index (χ1v) is 9.14. The van der Waals surface area contributed by atoms with Crippen molar-refractivity contribution in [3.63, 3.8) is 0 Å². The molecule has 2 atom stereocenters. The Morgan fingerprint density at radius 2 is 2.20 bits per heavy atom. The van der Waals surface area contributed by atoms with Gasteiger partial charge < -0.3 is 15.0 Å². The molecule has 5 nitrogen and oxygen atoms in total. The number of carbonyl (C=O) groups excluding carboxylic acids is 1. The largest absolute Gasteiger partial charge is 0.481 e. The Balaban J connectivity index is 1.55. The molecule has 0 unspecified atom stereocenters. The van der Waals surface area contributed by atoms with E-state index in [0.29, 0.717) is 25.9 Å². The minimum atomic E-state index is -0.731. The van der Waals surface area contributed by atoms with Gasteiger partial charge in [-0.05, 0) is 36.3 Å². The highest BCUT2D eigenvalue weighted by Crippen LogP contribution is 2.49. The van der Waals surface area contributed by atoms with E-state index in [1.54, 1.807) is 4.90 Å². The van der Waals surface area contributed by atoms with Gasteiger partial charge in [0.2, 0.25) is 5.91 Å². The molecule has 2 fully saturated rings. The quantitative estimate of drug-likeness (QED) is 0.898. The molecule has 2 aromatic rings. The average molecular weight is 340 g/mol. The number of rotatable bonds is 4. The third kappa shape index (κ3) is 2.44. The standard InChI is InChI=1S/C20H24N2O3/c1-2-13-5-3-7-16-14(10-21-18(13)16)9-17(23)22-11-15-6-4-8-20(15,12-22)19(24)25/h3,5,7,10,15,21H,2,4,6,8-9,11-12H2,1H3,(H,24,25)/t15-,20+/m0/s1. The Morgan fingerprint density at radius 1 is 1.36 bits per heavy atom. The van der Waals surface area contributed by atoms with Crippen molar-refractivity contribution in [1.82, 2.24) is 9.88 Å². The number of aromatic nitrogens is 1. The Hall–Kier alpha value is -2.30. The van der Waals surface area contributed by atoms with Gasteiger partial charge in [-0.25, -0.2) is 0 Å². The maximum absolute atomic E-state index is 12.8. The van der Waals surface area contributed by atoms with Crippen molar-refractivity contribution in [3.8, 4) is 0 Å². The van der Waals surface area contributed by atoms with E-state index in [0.717, 1.165) is 35.7 Å². The van der Waals surface area contributed by atoms with Gasteiger partial charge in [0.25, 0.3) is 0 Å². The minimum absolute atomic E-state index is 0.0397. The Kier molecular flexibility index (Phi) is 3.82. The summed E-state index contributed by atoms with van der Waals surface area (Å²) in [5.41, 5.74) is 2.65. The first-order valence-electron chi connectivity index (χ1n) is 9.14. The molecular weight excluding hydrogens is 316 g/mol. The lowest BCUT2D eigenvalue weighted by atomic mass is 9.81. The van der Waals surface area contributed by atoms with Gasteiger partial charge in [-0.2, -0.15) is 0 Å². The van der Waals surface area contributed by atoms with Crippen LogP contribution in [0.1, 0.15) is 37.3 Å². The molecule has 0 radical (unpaired) electrons. The number of aryl methyl sites for hydroxylation is 1. The first-order chi connectivity index (χ1) is 12.0. The number of nitrogens with one attached hydrogen (secondary N) is 1. The van der Waals surface area contributed by atoms with E-state index in [2.05, 4.69) is 18.0 Å². The molecule has 1 aliphatic heterocycles. The van der Waals surface area contributed by atoms with Crippen LogP contribution in [0.25, 0.3) is 10.9 Å². The van der Waals surface area contributed by atoms with Gasteiger partial charge in [-0.15, -0.1) is 0 Å². The van der Waals surface area contributed by atoms with E-state index in [1.807, 2.05) is 18.3 Å². The molecule has 1 aliphatic carbocycles. The molecule has 2 aliphatic rings. The van der Waals surface area contributed by atoms with Gasteiger partial charge in [0, 0.05) is 30.2 Å². The molecule has 5 heteroatoms. The molecular formula is C20H24N2O3. The van der Waals surface area contributed by atoms with Crippen molar-refractivity contribution in [1.29, 1.82) is 0 Å². The molecule has 25 heavy (non-hydrogen) atoms. The summed E-state index contributed by atoms with van der Waals surface area (Å²) in [6.07, 6.45) is 5.77. The fraction of sp³-hybridized carbons (Fsp3) is 0.500. The van der Waals surface area contributed by atoms with Crippen LogP contribution in [-0.4, -0.2) is 40.0 Å². The van der Waals surface area contributed by atoms with Crippen LogP contribution in [0.3, 0.4) is 0 Å². The van der Waals surface area contributed by atoms with Crippen LogP contribution in [-0.2, 0) is 22.4 Å². The van der Waals surface area contributed by atoms with Gasteiger partial charge >= 0.3 is 5.97 Å². The number of hydrogen-bond acceptors (Lipinski definition) is 2. The third-order valence-electron chi connectivity index (χ3n) is 6.26. The number of para-hydroxylation sites is 1. The van der Waals surface area contributed by atoms with Gasteiger partial charge in [0.15, 0.2) is 0 Å². The predicted molar refractivity (Wildman–Crippen MR) is 95.4 cm³/mol. The zero-order chi connectivity index (χ0) is 17.6. The molecule has 1 saturated heterocycles. The van der Waals surface area contributed by atoms with Crippen LogP contribution in [0.4, 0.5) is 0 Å². The summed E-state index contributed by atoms with van der Waals surface area (Å²) in [4.78, 5) is 29.7. The first kappa shape index (κ1) is 16.2. The van der Waals surface area contributed by atoms with Crippen LogP contribution < -0.4 is 0 Å². The smallest absolute Gasteiger partial charge is 0.311 e. The van der Waals surface area contributed by atoms with Crippen molar-refractivity contribution in [2.24, 2.45) is 11.3 Å². The number of likely N-dealkylation sites (tertiary alicyclic amines) is 1. The van der Waals surface area contributed by atoms with Gasteiger partial charge in [-0.3, -0.25) is 9.59 Å². The lowest BCUT2D eigenvalue weighted by molar-refractivity contribution is -0.149. The van der Waals surface area contributed by atoms with Crippen LogP contribution in [0.15, 0.2) is 24.4 Å². The topological polar surface area (TPSA) is 73.4 Å². The second kappa shape index (κ2) is 5.90. The maximum Gasteiger partial charge on any atom is 0.311 e. The zero-order valence-electron chi connectivity index (χ0n) is 14.5. The number of fused-ring (bicyclic) bond motifs is 2. The lowest BCUT2D eigenvalue weighted by Gasteiger charge is -2.23. The molecule has 1 saturated carbocycles. The minimum Gasteiger partial charge on any atom is -0.481 e. The number of carboxylic acids is 1. The van der Waals surface area contributed by atoms with Crippen molar-refractivity contribution in [2.45, 2.75) is 39.0 Å². The molecule has 2 heterocycles. The molecule has 0 bridgehead atoms. The number of aromatic amines is 1. The van der Waals surface area contributed by atoms with Gasteiger partial charge in [0.1, 0.15) is 0 Å². The molecule has 1 amide bonds. The number of amides is 1. The summed E-state index contributed by atoms with van der Waals surface area (Å²) in [7, 11) is 0. The number of benzene rings is 1. The Bertz CT molecular complexity index is 841. The summed E-state index contributed by atoms with van der Waals surface area (Å²) in [6.45, 7) is 3.08. The van der Waals surface area contributed by atoms with Gasteiger partial charge in [0.05, 0.1) is 11.8 Å². The monoisotopic (exact) mass is 340 g/mol. The number of carboxylic acid groups (broad SMARTS) is 1. The fourth-order valence-corrected chi connectivity index (χ4v) is 4.82. The van der Waals surface area contributed by atoms with Crippen LogP contribution in [0, 0.1) is 11.3 Å². The second-order valence-corrected chi connectivity index (χ2v) is 7.51. The number of aliphatic carboxylic acids is 1. The molecule has 1 aromatic heterocycles. The number of carbonyl (C=O) groups is 2. The fourth-order valence-electron chi connectivity index (χ4n) is 4.82. The molecule has 1 aromatic carbocycles. The summed E-state index contributed by atoms with van der Waals surface area (Å²) >= 11 is 0. The van der Waals surface area contributed by atoms with E-state index in [-0.39, 0.29) is 11.8 Å². The SMILES string of the molecule is CCc1cccc2c(CC(=O)N3C[C@@H]4CCC[C@@]4(C(=O)O)C3)c[nH]c12. The maximum atomic E-state index is 12.8. The number of hydrogen-bond donors (Lipinski definition) is 2. The van der Waals surface area contributed by atoms with Crippen LogP contribution >= 0.6 is 0 Å². The number of H-pyrrole nitrogens is 1. The van der Waals surface area contributed by atoms with Crippen molar-refractivity contribution < 1.29 is 14.7 Å². The van der Waals surface area contributed by atoms with Crippen molar-refractivity contribution >= 4 is 22.8 Å². The third-order valence-corrected chi connectivity index (χ3v) is 6.26. The number of nitrogens with zero attached hydrogens (tertiary/aromatic N) is 1. The van der Waals surface area contributed by atoms with Crippen molar-refractivity contribution in [3.05, 3.63) is 35.5 Å². The van der Waals surface area contributed by atoms with E-state index in [1.165, 1.54) is 5.56 Å². The summed E-state index contributed by atoms with van der Waals surface area (Å²) < 4.78 is 0. The lowest BCUT2D eigenvalue weighted by Crippen LogP contribution is -2.37. The Morgan fingerprint density at radius 3 is 2.92 bits per heavy atom. The second-order valence-electron chi connectivity index (χ2n) is 7.51. The molecule has 132 valence electrons. The highest BCUT2D eigenvalue weighted by Gasteiger charge is 2.55. The highest BCUT2D eigenvalue weighted by atomic mass is 16.4. The van der Waals surface area contributed by atoms with Crippen molar-refractivity contribution in [2.75, 3.05) is 13.1 Å². The van der Waals surface area contributed by atoms with Gasteiger partial charge in [-0.1, -0.05) is 31.5 Å². The van der Waals surface area contributed by atoms with E-state index >= 15 is 0 Å². The Labute approximate surface area is 147 Å². The van der Waals surface area contributed by atoms with Crippen LogP contribution in [0.2, 0.25) is 0 Å². The normalized spacial score (nSPS) is 25.5. The van der Waals surface area contributed by atoms with E-state index in [9.17, 15) is 14.7 Å². The summed E-state index contributed by atoms with van der Waals surface area (Å²) in [6, 6.07) is 6.18. The molecule has 2 N–H and O–H groups in total. The summed E-state index contributed by atoms with van der Waals surface area (Å²) in [5, 5.41) is 10.8. The highest BCUT2D eigenvalue weighted by molar-refractivity contribution is 5.91. The van der Waals surface area contributed by atoms with Crippen LogP contribution in [0.5, 0.6) is 0 Å². The van der Waals surface area contributed by atoms with E-state index in [4.69, 9.17) is 0 Å². The zero-order valence-corrected chi connectivity index (χ0v) is 14.5. The molecule has 4 rings (SSSR count). The average Bonchev–Trinajstić information content (AvgIpc) is 3.27. The van der Waals surface area contributed by atoms with E-state index < -0.39 is 11.4 Å². The predicted octanol–water partition coefficient (Wildman–Crippen LogP) is 2.99. The molecule has 0 spiro atoms. The summed E-state index contributed by atoms with van der Waals surface area (Å²) in [5.74, 6) is -0.577.